The molecule has 4 rings (SSSR count). The van der Waals surface area contributed by atoms with E-state index in [0.717, 1.165) is 10.9 Å². The highest BCUT2D eigenvalue weighted by Crippen LogP contribution is 2.27. The Kier molecular flexibility index (Phi) is 6.53. The molecule has 0 radical (unpaired) electrons. The molecule has 0 spiro atoms. The summed E-state index contributed by atoms with van der Waals surface area (Å²) in [7, 11) is -3.70. The number of sulfonamides is 1. The summed E-state index contributed by atoms with van der Waals surface area (Å²) in [6.45, 7) is 1.82. The zero-order valence-corrected chi connectivity index (χ0v) is 18.6. The maximum absolute atomic E-state index is 13.4. The van der Waals surface area contributed by atoms with Crippen LogP contribution in [-0.2, 0) is 14.8 Å². The summed E-state index contributed by atoms with van der Waals surface area (Å²) < 4.78 is 41.8. The largest absolute Gasteiger partial charge is 0.349 e. The molecule has 0 bridgehead atoms. The fourth-order valence-electron chi connectivity index (χ4n) is 4.15. The lowest BCUT2D eigenvalue weighted by molar-refractivity contribution is -0.126. The summed E-state index contributed by atoms with van der Waals surface area (Å²) in [4.78, 5) is 17.0. The second-order valence-electron chi connectivity index (χ2n) is 8.32. The van der Waals surface area contributed by atoms with Gasteiger partial charge in [-0.25, -0.2) is 17.5 Å². The first-order valence-electron chi connectivity index (χ1n) is 10.7. The first-order valence-corrected chi connectivity index (χ1v) is 12.2. The first-order chi connectivity index (χ1) is 15.3. The third kappa shape index (κ3) is 5.14. The van der Waals surface area contributed by atoms with Gasteiger partial charge in [-0.05, 0) is 62.4 Å². The summed E-state index contributed by atoms with van der Waals surface area (Å²) >= 11 is 0. The van der Waals surface area contributed by atoms with Crippen molar-refractivity contribution in [2.45, 2.75) is 49.6 Å². The second-order valence-corrected chi connectivity index (χ2v) is 10.0. The zero-order chi connectivity index (χ0) is 22.7. The smallest absolute Gasteiger partial charge is 0.242 e. The Morgan fingerprint density at radius 2 is 1.81 bits per heavy atom. The summed E-state index contributed by atoms with van der Waals surface area (Å²) in [5.41, 5.74) is 1.45. The minimum absolute atomic E-state index is 0.0817. The molecule has 1 aromatic heterocycles. The molecule has 1 amide bonds. The van der Waals surface area contributed by atoms with Crippen molar-refractivity contribution in [2.75, 3.05) is 0 Å². The molecule has 2 aromatic carbocycles. The molecule has 1 saturated carbocycles. The monoisotopic (exact) mass is 455 g/mol. The third-order valence-electron chi connectivity index (χ3n) is 6.00. The Morgan fingerprint density at radius 3 is 2.56 bits per heavy atom. The van der Waals surface area contributed by atoms with E-state index in [9.17, 15) is 17.6 Å². The van der Waals surface area contributed by atoms with E-state index in [4.69, 9.17) is 0 Å². The number of benzene rings is 2. The van der Waals surface area contributed by atoms with Gasteiger partial charge in [-0.15, -0.1) is 0 Å². The van der Waals surface area contributed by atoms with Gasteiger partial charge >= 0.3 is 0 Å². The molecular formula is C24H26FN3O3S. The topological polar surface area (TPSA) is 88.2 Å². The van der Waals surface area contributed by atoms with Crippen LogP contribution in [0.25, 0.3) is 10.9 Å². The lowest BCUT2D eigenvalue weighted by Gasteiger charge is -2.29. The molecule has 6 nitrogen and oxygen atoms in total. The summed E-state index contributed by atoms with van der Waals surface area (Å²) in [5, 5.41) is 3.71. The quantitative estimate of drug-likeness (QED) is 0.586. The number of hydrogen-bond acceptors (Lipinski definition) is 4. The molecular weight excluding hydrogens is 429 g/mol. The number of rotatable bonds is 6. The molecule has 1 aliphatic rings. The fraction of sp³-hybridized carbons (Fsp3) is 0.333. The number of aromatic nitrogens is 1. The van der Waals surface area contributed by atoms with E-state index in [2.05, 4.69) is 15.0 Å². The molecule has 3 aromatic rings. The summed E-state index contributed by atoms with van der Waals surface area (Å²) in [5.74, 6) is -0.603. The van der Waals surface area contributed by atoms with Crippen molar-refractivity contribution in [3.63, 3.8) is 0 Å². The molecule has 0 saturated heterocycles. The molecule has 1 atom stereocenters. The predicted octanol–water partition coefficient (Wildman–Crippen LogP) is 4.09. The van der Waals surface area contributed by atoms with Crippen LogP contribution >= 0.6 is 0 Å². The highest BCUT2D eigenvalue weighted by Gasteiger charge is 2.30. The third-order valence-corrected chi connectivity index (χ3v) is 7.49. The Labute approximate surface area is 187 Å². The molecule has 1 aliphatic carbocycles. The van der Waals surface area contributed by atoms with Gasteiger partial charge in [0.05, 0.1) is 11.6 Å². The number of amides is 1. The summed E-state index contributed by atoms with van der Waals surface area (Å²) in [6, 6.07) is 14.6. The van der Waals surface area contributed by atoms with Crippen molar-refractivity contribution < 1.29 is 17.6 Å². The van der Waals surface area contributed by atoms with Crippen molar-refractivity contribution in [2.24, 2.45) is 5.92 Å². The van der Waals surface area contributed by atoms with Crippen LogP contribution in [0, 0.1) is 11.7 Å². The maximum atomic E-state index is 13.4. The van der Waals surface area contributed by atoms with E-state index in [1.54, 1.807) is 18.2 Å². The zero-order valence-electron chi connectivity index (χ0n) is 17.8. The Balaban J connectivity index is 1.33. The van der Waals surface area contributed by atoms with Gasteiger partial charge in [0, 0.05) is 23.5 Å². The van der Waals surface area contributed by atoms with Crippen LogP contribution in [0.1, 0.15) is 44.2 Å². The number of halogens is 1. The van der Waals surface area contributed by atoms with Gasteiger partial charge in [0.25, 0.3) is 0 Å². The van der Waals surface area contributed by atoms with Crippen LogP contribution < -0.4 is 10.0 Å². The number of carbonyl (C=O) groups excluding carboxylic acids is 1. The van der Waals surface area contributed by atoms with Crippen LogP contribution in [0.4, 0.5) is 4.39 Å². The molecule has 8 heteroatoms. The SMILES string of the molecule is CC(NC(=O)C1CCC(NS(=O)(=O)c2cnc3ccccc3c2)CC1)c1cccc(F)c1. The molecule has 2 N–H and O–H groups in total. The van der Waals surface area contributed by atoms with E-state index in [0.29, 0.717) is 31.2 Å². The molecule has 1 unspecified atom stereocenters. The number of nitrogens with zero attached hydrogens (tertiary/aromatic N) is 1. The number of hydrogen-bond donors (Lipinski definition) is 2. The van der Waals surface area contributed by atoms with Gasteiger partial charge in [-0.1, -0.05) is 30.3 Å². The van der Waals surface area contributed by atoms with Crippen molar-refractivity contribution in [1.29, 1.82) is 0 Å². The van der Waals surface area contributed by atoms with Gasteiger partial charge in [-0.3, -0.25) is 9.78 Å². The highest BCUT2D eigenvalue weighted by atomic mass is 32.2. The molecule has 1 fully saturated rings. The molecule has 0 aliphatic heterocycles. The number of fused-ring (bicyclic) bond motifs is 1. The van der Waals surface area contributed by atoms with E-state index in [-0.39, 0.29) is 34.6 Å². The van der Waals surface area contributed by atoms with Gasteiger partial charge in [0.1, 0.15) is 10.7 Å². The Hall–Kier alpha value is -2.84. The van der Waals surface area contributed by atoms with Gasteiger partial charge in [-0.2, -0.15) is 0 Å². The first kappa shape index (κ1) is 22.4. The Morgan fingerprint density at radius 1 is 1.06 bits per heavy atom. The minimum atomic E-state index is -3.70. The van der Waals surface area contributed by atoms with Crippen LogP contribution in [0.15, 0.2) is 65.7 Å². The van der Waals surface area contributed by atoms with E-state index in [1.165, 1.54) is 18.3 Å². The average molecular weight is 456 g/mol. The second kappa shape index (κ2) is 9.34. The van der Waals surface area contributed by atoms with Crippen molar-refractivity contribution in [3.8, 4) is 0 Å². The maximum Gasteiger partial charge on any atom is 0.242 e. The normalized spacial score (nSPS) is 20.1. The number of pyridine rings is 1. The predicted molar refractivity (Wildman–Crippen MR) is 121 cm³/mol. The van der Waals surface area contributed by atoms with Crippen molar-refractivity contribution in [3.05, 3.63) is 72.2 Å². The van der Waals surface area contributed by atoms with E-state index >= 15 is 0 Å². The fourth-order valence-corrected chi connectivity index (χ4v) is 5.43. The van der Waals surface area contributed by atoms with Crippen molar-refractivity contribution >= 4 is 26.8 Å². The summed E-state index contributed by atoms with van der Waals surface area (Å²) in [6.07, 6.45) is 3.70. The molecule has 32 heavy (non-hydrogen) atoms. The van der Waals surface area contributed by atoms with Crippen LogP contribution in [-0.4, -0.2) is 25.4 Å². The highest BCUT2D eigenvalue weighted by molar-refractivity contribution is 7.89. The van der Waals surface area contributed by atoms with Crippen LogP contribution in [0.3, 0.4) is 0 Å². The Bertz CT molecular complexity index is 1220. The number of para-hydroxylation sites is 1. The van der Waals surface area contributed by atoms with E-state index < -0.39 is 10.0 Å². The minimum Gasteiger partial charge on any atom is -0.349 e. The lowest BCUT2D eigenvalue weighted by atomic mass is 9.85. The van der Waals surface area contributed by atoms with Crippen molar-refractivity contribution in [1.82, 2.24) is 15.0 Å². The van der Waals surface area contributed by atoms with Gasteiger partial charge in [0.15, 0.2) is 0 Å². The lowest BCUT2D eigenvalue weighted by Crippen LogP contribution is -2.41. The number of nitrogens with one attached hydrogen (secondary N) is 2. The average Bonchev–Trinajstić information content (AvgIpc) is 2.79. The molecule has 1 heterocycles. The van der Waals surface area contributed by atoms with Gasteiger partial charge in [0.2, 0.25) is 15.9 Å². The standard InChI is InChI=1S/C24H26FN3O3S/c1-16(18-6-4-7-20(25)13-18)27-24(29)17-9-11-21(12-10-17)28-32(30,31)22-14-19-5-2-3-8-23(19)26-15-22/h2-8,13-17,21,28H,9-12H2,1H3,(H,27,29). The van der Waals surface area contributed by atoms with Crippen LogP contribution in [0.2, 0.25) is 0 Å². The van der Waals surface area contributed by atoms with Crippen LogP contribution in [0.5, 0.6) is 0 Å². The number of carbonyl (C=O) groups is 1. The van der Waals surface area contributed by atoms with E-state index in [1.807, 2.05) is 31.2 Å². The van der Waals surface area contributed by atoms with Gasteiger partial charge < -0.3 is 5.32 Å². The molecule has 168 valence electrons.